The molecule has 0 fully saturated rings. The number of para-hydroxylation sites is 2. The van der Waals surface area contributed by atoms with Gasteiger partial charge in [0, 0.05) is 24.2 Å². The van der Waals surface area contributed by atoms with Gasteiger partial charge in [-0.15, -0.1) is 0 Å². The lowest BCUT2D eigenvalue weighted by Crippen LogP contribution is -2.13. The zero-order valence-corrected chi connectivity index (χ0v) is 11.7. The molecule has 2 rings (SSSR count). The average Bonchev–Trinajstić information content (AvgIpc) is 2.49. The fraction of sp³-hybridized carbons (Fsp3) is 0.250. The average molecular weight is 273 g/mol. The van der Waals surface area contributed by atoms with Gasteiger partial charge >= 0.3 is 0 Å². The summed E-state index contributed by atoms with van der Waals surface area (Å²) in [5.41, 5.74) is 1.89. The first-order valence-corrected chi connectivity index (χ1v) is 6.43. The largest absolute Gasteiger partial charge is 0.504 e. The van der Waals surface area contributed by atoms with Gasteiger partial charge in [-0.2, -0.15) is 0 Å². The summed E-state index contributed by atoms with van der Waals surface area (Å²) in [6.45, 7) is 1.22. The maximum atomic E-state index is 10.00. The Morgan fingerprint density at radius 1 is 0.850 bits per heavy atom. The summed E-state index contributed by atoms with van der Waals surface area (Å²) in [5, 5.41) is 13.3. The number of phenols is 1. The van der Waals surface area contributed by atoms with E-state index >= 15 is 0 Å². The van der Waals surface area contributed by atoms with Gasteiger partial charge in [0.05, 0.1) is 14.2 Å². The lowest BCUT2D eigenvalue weighted by molar-refractivity contribution is 0.369. The minimum Gasteiger partial charge on any atom is -0.504 e. The predicted octanol–water partition coefficient (Wildman–Crippen LogP) is 2.70. The van der Waals surface area contributed by atoms with Crippen molar-refractivity contribution in [3.05, 3.63) is 53.6 Å². The highest BCUT2D eigenvalue weighted by Crippen LogP contribution is 2.29. The smallest absolute Gasteiger partial charge is 0.162 e. The van der Waals surface area contributed by atoms with Crippen molar-refractivity contribution >= 4 is 0 Å². The molecule has 2 aromatic rings. The molecule has 0 aliphatic rings. The Morgan fingerprint density at radius 2 is 1.45 bits per heavy atom. The van der Waals surface area contributed by atoms with E-state index in [0.717, 1.165) is 16.9 Å². The first-order chi connectivity index (χ1) is 9.76. The molecule has 0 unspecified atom stereocenters. The van der Waals surface area contributed by atoms with Crippen LogP contribution in [0, 0.1) is 0 Å². The first-order valence-electron chi connectivity index (χ1n) is 6.43. The number of methoxy groups -OCH3 is 2. The summed E-state index contributed by atoms with van der Waals surface area (Å²) < 4.78 is 10.4. The second kappa shape index (κ2) is 6.82. The third kappa shape index (κ3) is 3.22. The van der Waals surface area contributed by atoms with Crippen molar-refractivity contribution in [2.45, 2.75) is 13.1 Å². The molecule has 0 saturated carbocycles. The van der Waals surface area contributed by atoms with E-state index in [2.05, 4.69) is 5.32 Å². The van der Waals surface area contributed by atoms with Gasteiger partial charge in [-0.25, -0.2) is 0 Å². The number of ether oxygens (including phenoxy) is 2. The number of phenolic OH excluding ortho intramolecular Hbond substituents is 1. The molecule has 0 radical (unpaired) electrons. The molecular formula is C16H19NO3. The molecule has 0 aromatic heterocycles. The first kappa shape index (κ1) is 14.2. The van der Waals surface area contributed by atoms with Gasteiger partial charge in [0.15, 0.2) is 11.5 Å². The van der Waals surface area contributed by atoms with Crippen molar-refractivity contribution in [2.75, 3.05) is 14.2 Å². The maximum Gasteiger partial charge on any atom is 0.162 e. The highest BCUT2D eigenvalue weighted by atomic mass is 16.5. The Labute approximate surface area is 119 Å². The van der Waals surface area contributed by atoms with Crippen LogP contribution in [0.2, 0.25) is 0 Å². The van der Waals surface area contributed by atoms with Gasteiger partial charge in [0.25, 0.3) is 0 Å². The molecule has 4 nitrogen and oxygen atoms in total. The molecule has 0 spiro atoms. The third-order valence-corrected chi connectivity index (χ3v) is 3.13. The fourth-order valence-corrected chi connectivity index (χ4v) is 2.06. The second-order valence-electron chi connectivity index (χ2n) is 4.38. The van der Waals surface area contributed by atoms with Crippen LogP contribution in [0.3, 0.4) is 0 Å². The van der Waals surface area contributed by atoms with Crippen molar-refractivity contribution in [1.82, 2.24) is 5.32 Å². The molecule has 2 aromatic carbocycles. The van der Waals surface area contributed by atoms with Crippen LogP contribution in [0.5, 0.6) is 17.2 Å². The third-order valence-electron chi connectivity index (χ3n) is 3.13. The van der Waals surface area contributed by atoms with Crippen molar-refractivity contribution in [1.29, 1.82) is 0 Å². The van der Waals surface area contributed by atoms with Gasteiger partial charge in [0.2, 0.25) is 0 Å². The van der Waals surface area contributed by atoms with E-state index in [-0.39, 0.29) is 5.75 Å². The molecule has 4 heteroatoms. The topological polar surface area (TPSA) is 50.7 Å². The van der Waals surface area contributed by atoms with Crippen LogP contribution in [0.25, 0.3) is 0 Å². The molecule has 106 valence electrons. The van der Waals surface area contributed by atoms with Crippen molar-refractivity contribution in [3.8, 4) is 17.2 Å². The Kier molecular flexibility index (Phi) is 4.85. The maximum absolute atomic E-state index is 10.00. The summed E-state index contributed by atoms with van der Waals surface area (Å²) >= 11 is 0. The van der Waals surface area contributed by atoms with Crippen molar-refractivity contribution in [2.24, 2.45) is 0 Å². The number of hydrogen-bond donors (Lipinski definition) is 2. The Morgan fingerprint density at radius 3 is 2.20 bits per heavy atom. The SMILES string of the molecule is COc1ccccc1CNCc1cccc(OC)c1O. The zero-order chi connectivity index (χ0) is 14.4. The molecule has 20 heavy (non-hydrogen) atoms. The highest BCUT2D eigenvalue weighted by Gasteiger charge is 2.07. The van der Waals surface area contributed by atoms with E-state index in [4.69, 9.17) is 9.47 Å². The molecule has 0 amide bonds. The fourth-order valence-electron chi connectivity index (χ4n) is 2.06. The van der Waals surface area contributed by atoms with Gasteiger partial charge in [-0.05, 0) is 12.1 Å². The number of nitrogens with one attached hydrogen (secondary N) is 1. The van der Waals surface area contributed by atoms with Crippen molar-refractivity contribution < 1.29 is 14.6 Å². The monoisotopic (exact) mass is 273 g/mol. The summed E-state index contributed by atoms with van der Waals surface area (Å²) in [5.74, 6) is 1.53. The van der Waals surface area contributed by atoms with E-state index in [1.165, 1.54) is 0 Å². The van der Waals surface area contributed by atoms with Crippen LogP contribution in [0.4, 0.5) is 0 Å². The molecule has 0 aliphatic heterocycles. The van der Waals surface area contributed by atoms with Crippen LogP contribution in [0.15, 0.2) is 42.5 Å². The molecule has 0 saturated heterocycles. The number of rotatable bonds is 6. The lowest BCUT2D eigenvalue weighted by Gasteiger charge is -2.11. The van der Waals surface area contributed by atoms with Crippen LogP contribution in [0.1, 0.15) is 11.1 Å². The Balaban J connectivity index is 1.99. The summed E-state index contributed by atoms with van der Waals surface area (Å²) in [4.78, 5) is 0. The van der Waals surface area contributed by atoms with Gasteiger partial charge in [-0.3, -0.25) is 0 Å². The number of hydrogen-bond acceptors (Lipinski definition) is 4. The predicted molar refractivity (Wildman–Crippen MR) is 78.2 cm³/mol. The molecule has 2 N–H and O–H groups in total. The lowest BCUT2D eigenvalue weighted by atomic mass is 10.1. The highest BCUT2D eigenvalue weighted by molar-refractivity contribution is 5.45. The van der Waals surface area contributed by atoms with Gasteiger partial charge in [0.1, 0.15) is 5.75 Å². The minimum absolute atomic E-state index is 0.183. The van der Waals surface area contributed by atoms with Crippen molar-refractivity contribution in [3.63, 3.8) is 0 Å². The molecule has 0 bridgehead atoms. The van der Waals surface area contributed by atoms with E-state index in [1.807, 2.05) is 36.4 Å². The Bertz CT molecular complexity index is 569. The van der Waals surface area contributed by atoms with Crippen LogP contribution in [-0.2, 0) is 13.1 Å². The van der Waals surface area contributed by atoms with Gasteiger partial charge < -0.3 is 19.9 Å². The summed E-state index contributed by atoms with van der Waals surface area (Å²) in [6, 6.07) is 13.3. The summed E-state index contributed by atoms with van der Waals surface area (Å²) in [6.07, 6.45) is 0. The number of aromatic hydroxyl groups is 1. The summed E-state index contributed by atoms with van der Waals surface area (Å²) in [7, 11) is 3.20. The van der Waals surface area contributed by atoms with Crippen LogP contribution < -0.4 is 14.8 Å². The van der Waals surface area contributed by atoms with Crippen LogP contribution in [-0.4, -0.2) is 19.3 Å². The quantitative estimate of drug-likeness (QED) is 0.849. The Hall–Kier alpha value is -2.20. The molecule has 0 heterocycles. The van der Waals surface area contributed by atoms with Gasteiger partial charge in [-0.1, -0.05) is 30.3 Å². The van der Waals surface area contributed by atoms with E-state index in [9.17, 15) is 5.11 Å². The second-order valence-corrected chi connectivity index (χ2v) is 4.38. The number of benzene rings is 2. The van der Waals surface area contributed by atoms with Crippen LogP contribution >= 0.6 is 0 Å². The molecule has 0 atom stereocenters. The minimum atomic E-state index is 0.183. The van der Waals surface area contributed by atoms with E-state index in [1.54, 1.807) is 20.3 Å². The molecular weight excluding hydrogens is 254 g/mol. The van der Waals surface area contributed by atoms with E-state index < -0.39 is 0 Å². The zero-order valence-electron chi connectivity index (χ0n) is 11.7. The normalized spacial score (nSPS) is 10.3. The van der Waals surface area contributed by atoms with E-state index in [0.29, 0.717) is 18.8 Å². The standard InChI is InChI=1S/C16H19NO3/c1-19-14-8-4-3-6-12(14)10-17-11-13-7-5-9-15(20-2)16(13)18/h3-9,17-18H,10-11H2,1-2H3. The molecule has 0 aliphatic carbocycles.